The van der Waals surface area contributed by atoms with Crippen molar-refractivity contribution in [2.75, 3.05) is 18.6 Å². The maximum absolute atomic E-state index is 13.9. The molecule has 1 unspecified atom stereocenters. The highest BCUT2D eigenvalue weighted by atomic mass is 79.9. The first-order chi connectivity index (χ1) is 7.70. The van der Waals surface area contributed by atoms with Crippen LogP contribution in [0.1, 0.15) is 24.9 Å². The monoisotopic (exact) mass is 305 g/mol. The highest BCUT2D eigenvalue weighted by Crippen LogP contribution is 2.25. The van der Waals surface area contributed by atoms with E-state index in [1.165, 1.54) is 0 Å². The van der Waals surface area contributed by atoms with E-state index in [0.717, 1.165) is 24.3 Å². The lowest BCUT2D eigenvalue weighted by Crippen LogP contribution is -2.25. The third-order valence-electron chi connectivity index (χ3n) is 2.33. The first kappa shape index (κ1) is 14.0. The summed E-state index contributed by atoms with van der Waals surface area (Å²) in [6.45, 7) is 3.03. The quantitative estimate of drug-likeness (QED) is 0.853. The Balaban J connectivity index is 2.86. The van der Waals surface area contributed by atoms with Crippen LogP contribution in [-0.2, 0) is 0 Å². The van der Waals surface area contributed by atoms with Crippen LogP contribution in [-0.4, -0.2) is 18.6 Å². The predicted molar refractivity (Wildman–Crippen MR) is 73.5 cm³/mol. The molecule has 90 valence electrons. The normalized spacial score (nSPS) is 12.8. The number of rotatable bonds is 6. The van der Waals surface area contributed by atoms with Gasteiger partial charge in [0.25, 0.3) is 0 Å². The maximum Gasteiger partial charge on any atom is 0.142 e. The van der Waals surface area contributed by atoms with Crippen molar-refractivity contribution in [3.05, 3.63) is 34.1 Å². The lowest BCUT2D eigenvalue weighted by molar-refractivity contribution is 0.529. The summed E-state index contributed by atoms with van der Waals surface area (Å²) in [5.41, 5.74) is 0.747. The Morgan fingerprint density at radius 2 is 2.25 bits per heavy atom. The first-order valence-electron chi connectivity index (χ1n) is 5.37. The van der Waals surface area contributed by atoms with Crippen LogP contribution in [0.15, 0.2) is 22.7 Å². The van der Waals surface area contributed by atoms with Gasteiger partial charge in [-0.15, -0.1) is 0 Å². The maximum atomic E-state index is 13.9. The summed E-state index contributed by atoms with van der Waals surface area (Å²) < 4.78 is 14.4. The van der Waals surface area contributed by atoms with Gasteiger partial charge in [-0.3, -0.25) is 0 Å². The van der Waals surface area contributed by atoms with Crippen LogP contribution < -0.4 is 5.32 Å². The Morgan fingerprint density at radius 3 is 2.88 bits per heavy atom. The average Bonchev–Trinajstić information content (AvgIpc) is 2.28. The van der Waals surface area contributed by atoms with Crippen molar-refractivity contribution < 1.29 is 4.39 Å². The molecular formula is C12H17BrFNS. The molecule has 1 N–H and O–H groups in total. The summed E-state index contributed by atoms with van der Waals surface area (Å²) in [4.78, 5) is 0. The van der Waals surface area contributed by atoms with Crippen molar-refractivity contribution in [2.45, 2.75) is 19.4 Å². The molecule has 0 amide bonds. The SMILES string of the molecule is CCCNC(CSC)c1cccc(Br)c1F. The van der Waals surface area contributed by atoms with Gasteiger partial charge in [0.2, 0.25) is 0 Å². The number of nitrogens with one attached hydrogen (secondary N) is 1. The number of thioether (sulfide) groups is 1. The molecule has 16 heavy (non-hydrogen) atoms. The van der Waals surface area contributed by atoms with Gasteiger partial charge < -0.3 is 5.32 Å². The fourth-order valence-corrected chi connectivity index (χ4v) is 2.55. The van der Waals surface area contributed by atoms with Gasteiger partial charge in [-0.2, -0.15) is 11.8 Å². The van der Waals surface area contributed by atoms with E-state index >= 15 is 0 Å². The van der Waals surface area contributed by atoms with E-state index in [1.807, 2.05) is 18.4 Å². The van der Waals surface area contributed by atoms with E-state index in [0.29, 0.717) is 4.47 Å². The lowest BCUT2D eigenvalue weighted by Gasteiger charge is -2.19. The Labute approximate surface area is 109 Å². The van der Waals surface area contributed by atoms with Crippen molar-refractivity contribution >= 4 is 27.7 Å². The number of halogens is 2. The highest BCUT2D eigenvalue weighted by Gasteiger charge is 2.15. The number of hydrogen-bond acceptors (Lipinski definition) is 2. The van der Waals surface area contributed by atoms with Crippen LogP contribution in [0.4, 0.5) is 4.39 Å². The number of hydrogen-bond donors (Lipinski definition) is 1. The summed E-state index contributed by atoms with van der Waals surface area (Å²) in [5, 5.41) is 3.37. The molecule has 0 bridgehead atoms. The van der Waals surface area contributed by atoms with E-state index in [4.69, 9.17) is 0 Å². The second-order valence-electron chi connectivity index (χ2n) is 3.61. The fraction of sp³-hybridized carbons (Fsp3) is 0.500. The molecule has 0 aliphatic carbocycles. The van der Waals surface area contributed by atoms with Crippen LogP contribution in [0.2, 0.25) is 0 Å². The van der Waals surface area contributed by atoms with Gasteiger partial charge in [0, 0.05) is 17.4 Å². The molecule has 0 fully saturated rings. The zero-order valence-electron chi connectivity index (χ0n) is 9.59. The minimum atomic E-state index is -0.148. The second kappa shape index (κ2) is 7.30. The topological polar surface area (TPSA) is 12.0 Å². The standard InChI is InChI=1S/C12H17BrFNS/c1-3-7-15-11(8-16-2)9-5-4-6-10(13)12(9)14/h4-6,11,15H,3,7-8H2,1-2H3. The summed E-state index contributed by atoms with van der Waals surface area (Å²) in [6, 6.07) is 5.55. The predicted octanol–water partition coefficient (Wildman–Crippen LogP) is 3.99. The lowest BCUT2D eigenvalue weighted by atomic mass is 10.1. The highest BCUT2D eigenvalue weighted by molar-refractivity contribution is 9.10. The third kappa shape index (κ3) is 3.75. The van der Waals surface area contributed by atoms with Crippen LogP contribution in [0.5, 0.6) is 0 Å². The first-order valence-corrected chi connectivity index (χ1v) is 7.55. The summed E-state index contributed by atoms with van der Waals surface area (Å²) in [7, 11) is 0. The van der Waals surface area contributed by atoms with Gasteiger partial charge in [0.05, 0.1) is 4.47 Å². The Hall–Kier alpha value is -0.0600. The molecule has 0 aliphatic heterocycles. The van der Waals surface area contributed by atoms with Crippen LogP contribution in [0.3, 0.4) is 0 Å². The van der Waals surface area contributed by atoms with E-state index in [2.05, 4.69) is 28.2 Å². The fourth-order valence-electron chi connectivity index (χ4n) is 1.53. The van der Waals surface area contributed by atoms with Crippen LogP contribution >= 0.6 is 27.7 Å². The minimum Gasteiger partial charge on any atom is -0.309 e. The molecule has 0 saturated heterocycles. The molecule has 0 aliphatic rings. The molecule has 4 heteroatoms. The minimum absolute atomic E-state index is 0.0902. The van der Waals surface area contributed by atoms with Gasteiger partial charge >= 0.3 is 0 Å². The van der Waals surface area contributed by atoms with E-state index in [9.17, 15) is 4.39 Å². The van der Waals surface area contributed by atoms with Crippen LogP contribution in [0.25, 0.3) is 0 Å². The largest absolute Gasteiger partial charge is 0.309 e. The smallest absolute Gasteiger partial charge is 0.142 e. The van der Waals surface area contributed by atoms with Gasteiger partial charge in [-0.25, -0.2) is 4.39 Å². The molecule has 0 heterocycles. The van der Waals surface area contributed by atoms with Gasteiger partial charge in [0.1, 0.15) is 5.82 Å². The molecule has 1 aromatic carbocycles. The van der Waals surface area contributed by atoms with Crippen LogP contribution in [0, 0.1) is 5.82 Å². The van der Waals surface area contributed by atoms with E-state index in [1.54, 1.807) is 17.8 Å². The molecular weight excluding hydrogens is 289 g/mol. The summed E-state index contributed by atoms with van der Waals surface area (Å²) >= 11 is 4.95. The Morgan fingerprint density at radius 1 is 1.50 bits per heavy atom. The molecule has 0 radical (unpaired) electrons. The molecule has 0 spiro atoms. The zero-order valence-corrected chi connectivity index (χ0v) is 12.0. The average molecular weight is 306 g/mol. The molecule has 0 aromatic heterocycles. The molecule has 1 aromatic rings. The number of benzene rings is 1. The third-order valence-corrected chi connectivity index (χ3v) is 3.61. The van der Waals surface area contributed by atoms with Crippen molar-refractivity contribution in [2.24, 2.45) is 0 Å². The van der Waals surface area contributed by atoms with Gasteiger partial charge in [-0.05, 0) is 41.2 Å². The van der Waals surface area contributed by atoms with Crippen molar-refractivity contribution in [3.63, 3.8) is 0 Å². The molecule has 1 nitrogen and oxygen atoms in total. The summed E-state index contributed by atoms with van der Waals surface area (Å²) in [6.07, 6.45) is 3.09. The van der Waals surface area contributed by atoms with Crippen molar-refractivity contribution in [1.82, 2.24) is 5.32 Å². The van der Waals surface area contributed by atoms with E-state index < -0.39 is 0 Å². The molecule has 1 rings (SSSR count). The van der Waals surface area contributed by atoms with Gasteiger partial charge in [-0.1, -0.05) is 19.1 Å². The van der Waals surface area contributed by atoms with Crippen molar-refractivity contribution in [3.8, 4) is 0 Å². The second-order valence-corrected chi connectivity index (χ2v) is 5.37. The zero-order chi connectivity index (χ0) is 12.0. The van der Waals surface area contributed by atoms with Gasteiger partial charge in [0.15, 0.2) is 0 Å². The Kier molecular flexibility index (Phi) is 6.39. The Bertz CT molecular complexity index is 333. The molecule has 0 saturated carbocycles. The van der Waals surface area contributed by atoms with E-state index in [-0.39, 0.29) is 11.9 Å². The molecule has 1 atom stereocenters. The van der Waals surface area contributed by atoms with Crippen molar-refractivity contribution in [1.29, 1.82) is 0 Å². The summed E-state index contributed by atoms with van der Waals surface area (Å²) in [5.74, 6) is 0.734.